The molecular weight excluding hydrogens is 280 g/mol. The van der Waals surface area contributed by atoms with Crippen LogP contribution in [0.4, 0.5) is 0 Å². The van der Waals surface area contributed by atoms with E-state index in [1.807, 2.05) is 36.4 Å². The molecule has 0 aromatic heterocycles. The zero-order chi connectivity index (χ0) is 15.4. The van der Waals surface area contributed by atoms with Crippen molar-refractivity contribution in [2.75, 3.05) is 7.11 Å². The molecule has 0 radical (unpaired) electrons. The molecule has 22 heavy (non-hydrogen) atoms. The van der Waals surface area contributed by atoms with Crippen LogP contribution in [0.3, 0.4) is 0 Å². The van der Waals surface area contributed by atoms with Crippen molar-refractivity contribution in [3.05, 3.63) is 66.2 Å². The van der Waals surface area contributed by atoms with Gasteiger partial charge in [-0.15, -0.1) is 0 Å². The van der Waals surface area contributed by atoms with Gasteiger partial charge in [0.25, 0.3) is 0 Å². The van der Waals surface area contributed by atoms with Crippen LogP contribution >= 0.6 is 0 Å². The molecule has 0 heterocycles. The molecule has 0 aliphatic carbocycles. The number of carbonyl (C=O) groups excluding carboxylic acids is 1. The Morgan fingerprint density at radius 2 is 1.36 bits per heavy atom. The van der Waals surface area contributed by atoms with E-state index in [-0.39, 0.29) is 0 Å². The van der Waals surface area contributed by atoms with E-state index in [4.69, 9.17) is 9.62 Å². The summed E-state index contributed by atoms with van der Waals surface area (Å²) in [5, 5.41) is 2.06. The zero-order valence-corrected chi connectivity index (χ0v) is 12.0. The van der Waals surface area contributed by atoms with E-state index in [0.717, 1.165) is 22.8 Å². The maximum absolute atomic E-state index is 10.6. The van der Waals surface area contributed by atoms with Crippen LogP contribution < -0.4 is 9.62 Å². The van der Waals surface area contributed by atoms with E-state index in [1.165, 1.54) is 7.11 Å². The second-order valence-electron chi connectivity index (χ2n) is 4.71. The lowest BCUT2D eigenvalue weighted by Crippen LogP contribution is -1.90. The summed E-state index contributed by atoms with van der Waals surface area (Å²) in [6.07, 6.45) is 0.805. The predicted molar refractivity (Wildman–Crippen MR) is 83.5 cm³/mol. The molecule has 0 aliphatic heterocycles. The molecule has 0 aliphatic rings. The van der Waals surface area contributed by atoms with Crippen molar-refractivity contribution in [3.8, 4) is 17.2 Å². The van der Waals surface area contributed by atoms with Gasteiger partial charge in [0, 0.05) is 5.56 Å². The minimum Gasteiger partial charge on any atom is -0.457 e. The zero-order valence-electron chi connectivity index (χ0n) is 12.0. The number of hydrogen-bond acceptors (Lipinski definition) is 4. The fourth-order valence-electron chi connectivity index (χ4n) is 2.16. The number of benzene rings is 3. The Morgan fingerprint density at radius 1 is 0.773 bits per heavy atom. The van der Waals surface area contributed by atoms with Gasteiger partial charge in [0.05, 0.1) is 7.11 Å². The van der Waals surface area contributed by atoms with Crippen LogP contribution in [0, 0.1) is 0 Å². The van der Waals surface area contributed by atoms with Crippen LogP contribution in [0.1, 0.15) is 10.4 Å². The molecule has 0 bridgehead atoms. The van der Waals surface area contributed by atoms with Crippen LogP contribution in [0.15, 0.2) is 60.7 Å². The quantitative estimate of drug-likeness (QED) is 0.398. The smallest absolute Gasteiger partial charge is 0.166 e. The number of carbonyl (C=O) groups is 1. The van der Waals surface area contributed by atoms with Gasteiger partial charge in [-0.05, 0) is 59.3 Å². The summed E-state index contributed by atoms with van der Waals surface area (Å²) in [7, 11) is 1.47. The first-order chi connectivity index (χ1) is 10.8. The summed E-state index contributed by atoms with van der Waals surface area (Å²) in [5.41, 5.74) is 0.622. The highest BCUT2D eigenvalue weighted by Gasteiger charge is 2.02. The van der Waals surface area contributed by atoms with E-state index < -0.39 is 0 Å². The van der Waals surface area contributed by atoms with E-state index in [9.17, 15) is 4.79 Å². The molecule has 0 saturated heterocycles. The Labute approximate surface area is 127 Å². The number of fused-ring (bicyclic) bond motifs is 1. The van der Waals surface area contributed by atoms with Gasteiger partial charge in [-0.25, -0.2) is 0 Å². The molecule has 3 aromatic rings. The standard InChI is InChI=1S/C18H14O4/c1-20-22-18-9-5-14-10-17(8-4-15(14)11-18)21-16-6-2-13(12-19)3-7-16/h2-12H,1H3. The Balaban J connectivity index is 1.84. The highest BCUT2D eigenvalue weighted by Crippen LogP contribution is 2.28. The van der Waals surface area contributed by atoms with Crippen molar-refractivity contribution in [1.82, 2.24) is 0 Å². The van der Waals surface area contributed by atoms with Gasteiger partial charge < -0.3 is 9.62 Å². The summed E-state index contributed by atoms with van der Waals surface area (Å²) < 4.78 is 5.79. The summed E-state index contributed by atoms with van der Waals surface area (Å²) in [6, 6.07) is 18.4. The van der Waals surface area contributed by atoms with Crippen LogP contribution in [-0.4, -0.2) is 13.4 Å². The van der Waals surface area contributed by atoms with Crippen LogP contribution in [-0.2, 0) is 4.89 Å². The average molecular weight is 294 g/mol. The van der Waals surface area contributed by atoms with Crippen molar-refractivity contribution in [2.45, 2.75) is 0 Å². The second-order valence-corrected chi connectivity index (χ2v) is 4.71. The van der Waals surface area contributed by atoms with E-state index in [2.05, 4.69) is 4.89 Å². The maximum atomic E-state index is 10.6. The summed E-state index contributed by atoms with van der Waals surface area (Å²) >= 11 is 0. The van der Waals surface area contributed by atoms with Crippen molar-refractivity contribution < 1.29 is 19.3 Å². The number of rotatable bonds is 5. The molecule has 0 atom stereocenters. The monoisotopic (exact) mass is 294 g/mol. The van der Waals surface area contributed by atoms with Gasteiger partial charge in [0.15, 0.2) is 5.75 Å². The summed E-state index contributed by atoms with van der Waals surface area (Å²) in [4.78, 5) is 20.3. The first kappa shape index (κ1) is 14.1. The Bertz CT molecular complexity index is 794. The first-order valence-corrected chi connectivity index (χ1v) is 6.76. The molecule has 110 valence electrons. The van der Waals surface area contributed by atoms with E-state index in [1.54, 1.807) is 24.3 Å². The van der Waals surface area contributed by atoms with Crippen molar-refractivity contribution in [2.24, 2.45) is 0 Å². The highest BCUT2D eigenvalue weighted by molar-refractivity contribution is 5.85. The van der Waals surface area contributed by atoms with Gasteiger partial charge in [-0.3, -0.25) is 4.79 Å². The molecule has 0 amide bonds. The Morgan fingerprint density at radius 3 is 2.00 bits per heavy atom. The average Bonchev–Trinajstić information content (AvgIpc) is 2.56. The van der Waals surface area contributed by atoms with Crippen LogP contribution in [0.2, 0.25) is 0 Å². The molecule has 0 saturated carbocycles. The number of hydrogen-bond donors (Lipinski definition) is 0. The van der Waals surface area contributed by atoms with Crippen LogP contribution in [0.25, 0.3) is 10.8 Å². The Kier molecular flexibility index (Phi) is 4.03. The largest absolute Gasteiger partial charge is 0.457 e. The van der Waals surface area contributed by atoms with Crippen molar-refractivity contribution in [1.29, 1.82) is 0 Å². The van der Waals surface area contributed by atoms with Gasteiger partial charge in [0.1, 0.15) is 17.8 Å². The molecule has 0 fully saturated rings. The number of ether oxygens (including phenoxy) is 1. The van der Waals surface area contributed by atoms with Gasteiger partial charge in [0.2, 0.25) is 0 Å². The normalized spacial score (nSPS) is 10.4. The number of aldehydes is 1. The third-order valence-electron chi connectivity index (χ3n) is 3.21. The molecule has 3 aromatic carbocycles. The van der Waals surface area contributed by atoms with Crippen molar-refractivity contribution in [3.63, 3.8) is 0 Å². The fourth-order valence-corrected chi connectivity index (χ4v) is 2.16. The SMILES string of the molecule is COOc1ccc2cc(Oc3ccc(C=O)cc3)ccc2c1. The van der Waals surface area contributed by atoms with Gasteiger partial charge >= 0.3 is 0 Å². The topological polar surface area (TPSA) is 44.8 Å². The minimum atomic E-state index is 0.622. The summed E-state index contributed by atoms with van der Waals surface area (Å²) in [5.74, 6) is 2.06. The summed E-state index contributed by atoms with van der Waals surface area (Å²) in [6.45, 7) is 0. The third-order valence-corrected chi connectivity index (χ3v) is 3.21. The molecular formula is C18H14O4. The highest BCUT2D eigenvalue weighted by atomic mass is 17.2. The van der Waals surface area contributed by atoms with E-state index >= 15 is 0 Å². The molecule has 0 spiro atoms. The molecule has 0 N–H and O–H groups in total. The third kappa shape index (κ3) is 3.07. The molecule has 4 heteroatoms. The van der Waals surface area contributed by atoms with Gasteiger partial charge in [-0.1, -0.05) is 12.1 Å². The fraction of sp³-hybridized carbons (Fsp3) is 0.0556. The second kappa shape index (κ2) is 6.28. The minimum absolute atomic E-state index is 0.622. The lowest BCUT2D eigenvalue weighted by molar-refractivity contribution is -0.178. The predicted octanol–water partition coefficient (Wildman–Crippen LogP) is 4.38. The molecule has 4 nitrogen and oxygen atoms in total. The lowest BCUT2D eigenvalue weighted by Gasteiger charge is -2.08. The van der Waals surface area contributed by atoms with Crippen molar-refractivity contribution >= 4 is 17.1 Å². The lowest BCUT2D eigenvalue weighted by atomic mass is 10.1. The van der Waals surface area contributed by atoms with Crippen LogP contribution in [0.5, 0.6) is 17.2 Å². The molecule has 3 rings (SSSR count). The maximum Gasteiger partial charge on any atom is 0.166 e. The first-order valence-electron chi connectivity index (χ1n) is 6.76. The Hall–Kier alpha value is -2.85. The van der Waals surface area contributed by atoms with Gasteiger partial charge in [-0.2, -0.15) is 4.89 Å². The van der Waals surface area contributed by atoms with E-state index in [0.29, 0.717) is 17.1 Å². The molecule has 0 unspecified atom stereocenters.